The largest absolute Gasteiger partial charge is 0.494 e. The van der Waals surface area contributed by atoms with E-state index in [1.54, 1.807) is 0 Å². The molecule has 1 amide bonds. The summed E-state index contributed by atoms with van der Waals surface area (Å²) in [6.45, 7) is 6.31. The predicted molar refractivity (Wildman–Crippen MR) is 85.8 cm³/mol. The molecule has 0 spiro atoms. The molecule has 122 valence electrons. The number of aliphatic hydroxyl groups is 1. The molecule has 1 fully saturated rings. The average Bonchev–Trinajstić information content (AvgIpc) is 2.91. The van der Waals surface area contributed by atoms with Crippen molar-refractivity contribution in [3.63, 3.8) is 0 Å². The van der Waals surface area contributed by atoms with E-state index in [1.807, 2.05) is 43.0 Å². The average molecular weight is 306 g/mol. The molecule has 0 bridgehead atoms. The van der Waals surface area contributed by atoms with Crippen LogP contribution in [0.25, 0.3) is 0 Å². The number of hydrogen-bond donors (Lipinski definition) is 2. The van der Waals surface area contributed by atoms with Crippen LogP contribution in [0, 0.1) is 0 Å². The molecule has 0 saturated carbocycles. The minimum absolute atomic E-state index is 0.00717. The molecule has 1 aliphatic rings. The van der Waals surface area contributed by atoms with Crippen LogP contribution in [0.3, 0.4) is 0 Å². The Bertz CT molecular complexity index is 493. The predicted octanol–water partition coefficient (Wildman–Crippen LogP) is 1.72. The second kappa shape index (κ2) is 8.15. The van der Waals surface area contributed by atoms with Gasteiger partial charge in [0.2, 0.25) is 5.91 Å². The van der Waals surface area contributed by atoms with Gasteiger partial charge in [-0.25, -0.2) is 0 Å². The number of amides is 1. The van der Waals surface area contributed by atoms with Crippen LogP contribution >= 0.6 is 0 Å². The summed E-state index contributed by atoms with van der Waals surface area (Å²) >= 11 is 0. The zero-order chi connectivity index (χ0) is 15.9. The van der Waals surface area contributed by atoms with Crippen molar-refractivity contribution in [2.24, 2.45) is 0 Å². The minimum atomic E-state index is -0.298. The van der Waals surface area contributed by atoms with Crippen LogP contribution in [0.4, 0.5) is 0 Å². The first kappa shape index (κ1) is 16.8. The van der Waals surface area contributed by atoms with Gasteiger partial charge in [0.1, 0.15) is 5.75 Å². The lowest BCUT2D eigenvalue weighted by molar-refractivity contribution is -0.122. The van der Waals surface area contributed by atoms with Gasteiger partial charge in [0.15, 0.2) is 0 Å². The Morgan fingerprint density at radius 3 is 2.86 bits per heavy atom. The first-order chi connectivity index (χ1) is 10.6. The number of para-hydroxylation sites is 1. The lowest BCUT2D eigenvalue weighted by Gasteiger charge is -2.22. The van der Waals surface area contributed by atoms with Gasteiger partial charge in [0, 0.05) is 18.7 Å². The summed E-state index contributed by atoms with van der Waals surface area (Å²) < 4.78 is 5.65. The second-order valence-electron chi connectivity index (χ2n) is 5.68. The molecule has 22 heavy (non-hydrogen) atoms. The third-order valence-corrected chi connectivity index (χ3v) is 3.95. The van der Waals surface area contributed by atoms with Crippen LogP contribution in [0.1, 0.15) is 38.3 Å². The fourth-order valence-electron chi connectivity index (χ4n) is 2.85. The Morgan fingerprint density at radius 1 is 1.45 bits per heavy atom. The molecule has 0 aromatic heterocycles. The summed E-state index contributed by atoms with van der Waals surface area (Å²) in [7, 11) is 0. The SMILES string of the molecule is CCOc1ccccc1C(CC)NC(=O)CN1CCC(O)C1. The summed E-state index contributed by atoms with van der Waals surface area (Å²) in [6, 6.07) is 7.78. The van der Waals surface area contributed by atoms with Gasteiger partial charge in [0.25, 0.3) is 0 Å². The van der Waals surface area contributed by atoms with Crippen molar-refractivity contribution in [3.05, 3.63) is 29.8 Å². The summed E-state index contributed by atoms with van der Waals surface area (Å²) in [5, 5.41) is 12.6. The van der Waals surface area contributed by atoms with Gasteiger partial charge >= 0.3 is 0 Å². The molecule has 1 heterocycles. The highest BCUT2D eigenvalue weighted by molar-refractivity contribution is 5.78. The van der Waals surface area contributed by atoms with Crippen LogP contribution in [-0.4, -0.2) is 48.3 Å². The number of hydrogen-bond acceptors (Lipinski definition) is 4. The Kier molecular flexibility index (Phi) is 6.21. The Labute approximate surface area is 132 Å². The second-order valence-corrected chi connectivity index (χ2v) is 5.68. The van der Waals surface area contributed by atoms with Crippen LogP contribution < -0.4 is 10.1 Å². The lowest BCUT2D eigenvalue weighted by Crippen LogP contribution is -2.38. The highest BCUT2D eigenvalue weighted by Gasteiger charge is 2.23. The molecule has 2 atom stereocenters. The molecule has 2 rings (SSSR count). The molecular weight excluding hydrogens is 280 g/mol. The Morgan fingerprint density at radius 2 is 2.23 bits per heavy atom. The summed E-state index contributed by atoms with van der Waals surface area (Å²) in [6.07, 6.45) is 1.25. The fraction of sp³-hybridized carbons (Fsp3) is 0.588. The number of carbonyl (C=O) groups excluding carboxylic acids is 1. The summed E-state index contributed by atoms with van der Waals surface area (Å²) in [5.74, 6) is 0.820. The number of benzene rings is 1. The third-order valence-electron chi connectivity index (χ3n) is 3.95. The zero-order valence-electron chi connectivity index (χ0n) is 13.4. The molecule has 5 heteroatoms. The maximum Gasteiger partial charge on any atom is 0.234 e. The van der Waals surface area contributed by atoms with Gasteiger partial charge in [-0.15, -0.1) is 0 Å². The van der Waals surface area contributed by atoms with E-state index in [9.17, 15) is 9.90 Å². The van der Waals surface area contributed by atoms with E-state index in [0.29, 0.717) is 19.7 Å². The van der Waals surface area contributed by atoms with Crippen molar-refractivity contribution in [2.45, 2.75) is 38.8 Å². The monoisotopic (exact) mass is 306 g/mol. The van der Waals surface area contributed by atoms with Crippen LogP contribution in [0.5, 0.6) is 5.75 Å². The smallest absolute Gasteiger partial charge is 0.234 e. The molecule has 1 aromatic rings. The normalized spacial score (nSPS) is 19.9. The van der Waals surface area contributed by atoms with E-state index in [0.717, 1.165) is 30.7 Å². The van der Waals surface area contributed by atoms with Crippen molar-refractivity contribution in [1.82, 2.24) is 10.2 Å². The molecule has 2 unspecified atom stereocenters. The quantitative estimate of drug-likeness (QED) is 0.805. The van der Waals surface area contributed by atoms with Crippen LogP contribution in [-0.2, 0) is 4.79 Å². The van der Waals surface area contributed by atoms with Crippen molar-refractivity contribution in [3.8, 4) is 5.75 Å². The van der Waals surface area contributed by atoms with Crippen LogP contribution in [0.2, 0.25) is 0 Å². The number of likely N-dealkylation sites (tertiary alicyclic amines) is 1. The van der Waals surface area contributed by atoms with E-state index in [-0.39, 0.29) is 18.1 Å². The first-order valence-electron chi connectivity index (χ1n) is 8.05. The highest BCUT2D eigenvalue weighted by Crippen LogP contribution is 2.27. The van der Waals surface area contributed by atoms with Crippen molar-refractivity contribution in [2.75, 3.05) is 26.2 Å². The number of nitrogens with zero attached hydrogens (tertiary/aromatic N) is 1. The standard InChI is InChI=1S/C17H26N2O3/c1-3-15(14-7-5-6-8-16(14)22-4-2)18-17(21)12-19-10-9-13(20)11-19/h5-8,13,15,20H,3-4,9-12H2,1-2H3,(H,18,21). The lowest BCUT2D eigenvalue weighted by atomic mass is 10.0. The van der Waals surface area contributed by atoms with Gasteiger partial charge in [-0.2, -0.15) is 0 Å². The van der Waals surface area contributed by atoms with Crippen LogP contribution in [0.15, 0.2) is 24.3 Å². The number of nitrogens with one attached hydrogen (secondary N) is 1. The molecule has 1 saturated heterocycles. The minimum Gasteiger partial charge on any atom is -0.494 e. The number of carbonyl (C=O) groups is 1. The van der Waals surface area contributed by atoms with Gasteiger partial charge < -0.3 is 15.2 Å². The van der Waals surface area contributed by atoms with E-state index in [4.69, 9.17) is 4.74 Å². The number of ether oxygens (including phenoxy) is 1. The van der Waals surface area contributed by atoms with E-state index >= 15 is 0 Å². The highest BCUT2D eigenvalue weighted by atomic mass is 16.5. The summed E-state index contributed by atoms with van der Waals surface area (Å²) in [5.41, 5.74) is 1.02. The molecule has 0 radical (unpaired) electrons. The van der Waals surface area contributed by atoms with E-state index in [1.165, 1.54) is 0 Å². The van der Waals surface area contributed by atoms with Gasteiger partial charge in [-0.3, -0.25) is 9.69 Å². The van der Waals surface area contributed by atoms with Gasteiger partial charge in [0.05, 0.1) is 25.3 Å². The van der Waals surface area contributed by atoms with Crippen molar-refractivity contribution < 1.29 is 14.6 Å². The first-order valence-corrected chi connectivity index (χ1v) is 8.05. The number of β-amino-alcohol motifs (C(OH)–C–C–N with tert-alkyl or cyclic N) is 1. The van der Waals surface area contributed by atoms with Crippen molar-refractivity contribution in [1.29, 1.82) is 0 Å². The molecule has 0 aliphatic carbocycles. The maximum absolute atomic E-state index is 12.2. The third kappa shape index (κ3) is 4.45. The van der Waals surface area contributed by atoms with E-state index < -0.39 is 0 Å². The molecule has 1 aliphatic heterocycles. The number of aliphatic hydroxyl groups excluding tert-OH is 1. The Hall–Kier alpha value is -1.59. The van der Waals surface area contributed by atoms with Gasteiger partial charge in [-0.05, 0) is 25.8 Å². The maximum atomic E-state index is 12.2. The fourth-order valence-corrected chi connectivity index (χ4v) is 2.85. The topological polar surface area (TPSA) is 61.8 Å². The molecule has 2 N–H and O–H groups in total. The molecule has 5 nitrogen and oxygen atoms in total. The molecule has 1 aromatic carbocycles. The Balaban J connectivity index is 1.98. The summed E-state index contributed by atoms with van der Waals surface area (Å²) in [4.78, 5) is 14.2. The molecular formula is C17H26N2O3. The number of rotatable bonds is 7. The van der Waals surface area contributed by atoms with E-state index in [2.05, 4.69) is 5.32 Å². The van der Waals surface area contributed by atoms with Crippen molar-refractivity contribution >= 4 is 5.91 Å². The zero-order valence-corrected chi connectivity index (χ0v) is 13.4. The van der Waals surface area contributed by atoms with Gasteiger partial charge in [-0.1, -0.05) is 25.1 Å².